The molecule has 0 aromatic carbocycles. The first-order valence-corrected chi connectivity index (χ1v) is 8.49. The van der Waals surface area contributed by atoms with Crippen LogP contribution in [0.3, 0.4) is 0 Å². The van der Waals surface area contributed by atoms with Gasteiger partial charge in [-0.3, -0.25) is 4.90 Å². The quantitative estimate of drug-likeness (QED) is 0.793. The molecule has 2 saturated carbocycles. The van der Waals surface area contributed by atoms with Crippen molar-refractivity contribution in [2.75, 3.05) is 13.2 Å². The predicted molar refractivity (Wildman–Crippen MR) is 78.2 cm³/mol. The van der Waals surface area contributed by atoms with Gasteiger partial charge in [-0.1, -0.05) is 38.5 Å². The van der Waals surface area contributed by atoms with Crippen LogP contribution in [0.5, 0.6) is 0 Å². The van der Waals surface area contributed by atoms with E-state index in [4.69, 9.17) is 10.5 Å². The molecule has 3 nitrogen and oxygen atoms in total. The molecule has 0 radical (unpaired) electrons. The van der Waals surface area contributed by atoms with Crippen molar-refractivity contribution in [2.45, 2.75) is 88.4 Å². The van der Waals surface area contributed by atoms with E-state index in [1.54, 1.807) is 0 Å². The predicted octanol–water partition coefficient (Wildman–Crippen LogP) is 2.68. The van der Waals surface area contributed by atoms with E-state index in [9.17, 15) is 0 Å². The van der Waals surface area contributed by atoms with Crippen LogP contribution in [0.4, 0.5) is 0 Å². The van der Waals surface area contributed by atoms with Gasteiger partial charge in [-0.2, -0.15) is 0 Å². The topological polar surface area (TPSA) is 38.5 Å². The maximum absolute atomic E-state index is 6.52. The van der Waals surface area contributed by atoms with Crippen molar-refractivity contribution < 1.29 is 4.74 Å². The van der Waals surface area contributed by atoms with Crippen LogP contribution in [0.2, 0.25) is 0 Å². The highest BCUT2D eigenvalue weighted by Crippen LogP contribution is 2.32. The maximum Gasteiger partial charge on any atom is 0.0731 e. The molecule has 0 amide bonds. The Morgan fingerprint density at radius 3 is 2.37 bits per heavy atom. The second kappa shape index (κ2) is 6.55. The molecule has 110 valence electrons. The highest BCUT2D eigenvalue weighted by molar-refractivity contribution is 4.94. The molecular weight excluding hydrogens is 236 g/mol. The molecule has 1 heterocycles. The van der Waals surface area contributed by atoms with Crippen LogP contribution >= 0.6 is 0 Å². The summed E-state index contributed by atoms with van der Waals surface area (Å²) < 4.78 is 6.01. The minimum absolute atomic E-state index is 0.390. The first-order valence-electron chi connectivity index (χ1n) is 8.49. The lowest BCUT2D eigenvalue weighted by Crippen LogP contribution is -2.60. The molecule has 3 heteroatoms. The second-order valence-electron chi connectivity index (χ2n) is 6.72. The van der Waals surface area contributed by atoms with Gasteiger partial charge in [0.15, 0.2) is 0 Å². The molecule has 4 unspecified atom stereocenters. The molecule has 1 saturated heterocycles. The first-order chi connectivity index (χ1) is 9.36. The Kier molecular flexibility index (Phi) is 4.78. The maximum atomic E-state index is 6.52. The van der Waals surface area contributed by atoms with Crippen LogP contribution in [0, 0.1) is 0 Å². The van der Waals surface area contributed by atoms with Gasteiger partial charge in [-0.15, -0.1) is 0 Å². The second-order valence-corrected chi connectivity index (χ2v) is 6.72. The average molecular weight is 266 g/mol. The molecule has 0 aromatic rings. The number of fused-ring (bicyclic) bond motifs is 1. The lowest BCUT2D eigenvalue weighted by atomic mass is 9.85. The van der Waals surface area contributed by atoms with E-state index in [0.29, 0.717) is 24.2 Å². The monoisotopic (exact) mass is 266 g/mol. The number of hydrogen-bond acceptors (Lipinski definition) is 3. The molecule has 2 N–H and O–H groups in total. The molecular formula is C16H30N2O. The molecule has 3 aliphatic rings. The number of hydrogen-bond donors (Lipinski definition) is 1. The van der Waals surface area contributed by atoms with Gasteiger partial charge < -0.3 is 10.5 Å². The Hall–Kier alpha value is -0.120. The molecule has 4 atom stereocenters. The Morgan fingerprint density at radius 1 is 0.789 bits per heavy atom. The van der Waals surface area contributed by atoms with Gasteiger partial charge in [0.2, 0.25) is 0 Å². The summed E-state index contributed by atoms with van der Waals surface area (Å²) in [5.41, 5.74) is 6.52. The molecule has 0 spiro atoms. The molecule has 19 heavy (non-hydrogen) atoms. The van der Waals surface area contributed by atoms with E-state index in [1.807, 2.05) is 0 Å². The largest absolute Gasteiger partial charge is 0.375 e. The fourth-order valence-electron chi connectivity index (χ4n) is 4.44. The smallest absolute Gasteiger partial charge is 0.0731 e. The van der Waals surface area contributed by atoms with Crippen LogP contribution in [0.25, 0.3) is 0 Å². The molecule has 3 fully saturated rings. The SMILES string of the molecule is NC1CCCCCCC1N1CCOC2CCCCC21. The van der Waals surface area contributed by atoms with Crippen LogP contribution < -0.4 is 5.73 Å². The summed E-state index contributed by atoms with van der Waals surface area (Å²) in [6.07, 6.45) is 13.8. The number of rotatable bonds is 1. The van der Waals surface area contributed by atoms with Gasteiger partial charge in [0.05, 0.1) is 12.7 Å². The van der Waals surface area contributed by atoms with Crippen LogP contribution in [0.1, 0.15) is 64.2 Å². The lowest BCUT2D eigenvalue weighted by molar-refractivity contribution is -0.107. The zero-order chi connectivity index (χ0) is 13.1. The average Bonchev–Trinajstić information content (AvgIpc) is 2.43. The fourth-order valence-corrected chi connectivity index (χ4v) is 4.44. The summed E-state index contributed by atoms with van der Waals surface area (Å²) in [6.45, 7) is 2.03. The lowest BCUT2D eigenvalue weighted by Gasteiger charge is -2.49. The van der Waals surface area contributed by atoms with E-state index in [0.717, 1.165) is 13.2 Å². The van der Waals surface area contributed by atoms with Crippen molar-refractivity contribution in [3.8, 4) is 0 Å². The van der Waals surface area contributed by atoms with Gasteiger partial charge in [0.1, 0.15) is 0 Å². The van der Waals surface area contributed by atoms with E-state index in [1.165, 1.54) is 64.2 Å². The highest BCUT2D eigenvalue weighted by Gasteiger charge is 2.39. The third-order valence-corrected chi connectivity index (χ3v) is 5.48. The molecule has 0 aromatic heterocycles. The Balaban J connectivity index is 1.70. The first kappa shape index (κ1) is 13.8. The normalized spacial score (nSPS) is 42.2. The summed E-state index contributed by atoms with van der Waals surface area (Å²) in [5.74, 6) is 0. The minimum Gasteiger partial charge on any atom is -0.375 e. The Bertz CT molecular complexity index is 282. The fraction of sp³-hybridized carbons (Fsp3) is 1.00. The van der Waals surface area contributed by atoms with E-state index in [-0.39, 0.29) is 0 Å². The Labute approximate surface area is 117 Å². The van der Waals surface area contributed by atoms with Gasteiger partial charge >= 0.3 is 0 Å². The highest BCUT2D eigenvalue weighted by atomic mass is 16.5. The standard InChI is InChI=1S/C16H30N2O/c17-13-7-3-1-2-4-8-14(13)18-11-12-19-16-10-6-5-9-15(16)18/h13-16H,1-12,17H2. The zero-order valence-electron chi connectivity index (χ0n) is 12.2. The summed E-state index contributed by atoms with van der Waals surface area (Å²) in [4.78, 5) is 2.75. The van der Waals surface area contributed by atoms with Crippen molar-refractivity contribution in [2.24, 2.45) is 5.73 Å². The van der Waals surface area contributed by atoms with Crippen LogP contribution in [-0.2, 0) is 4.74 Å². The third kappa shape index (κ3) is 3.14. The van der Waals surface area contributed by atoms with Crippen molar-refractivity contribution in [1.29, 1.82) is 0 Å². The summed E-state index contributed by atoms with van der Waals surface area (Å²) in [5, 5.41) is 0. The minimum atomic E-state index is 0.390. The van der Waals surface area contributed by atoms with Crippen molar-refractivity contribution >= 4 is 0 Å². The zero-order valence-corrected chi connectivity index (χ0v) is 12.2. The number of nitrogens with zero attached hydrogens (tertiary/aromatic N) is 1. The number of ether oxygens (including phenoxy) is 1. The molecule has 2 aliphatic carbocycles. The molecule has 3 rings (SSSR count). The van der Waals surface area contributed by atoms with Gasteiger partial charge in [0, 0.05) is 24.7 Å². The van der Waals surface area contributed by atoms with Crippen molar-refractivity contribution in [3.63, 3.8) is 0 Å². The van der Waals surface area contributed by atoms with Gasteiger partial charge in [-0.25, -0.2) is 0 Å². The Morgan fingerprint density at radius 2 is 1.47 bits per heavy atom. The van der Waals surface area contributed by atoms with Crippen molar-refractivity contribution in [1.82, 2.24) is 4.90 Å². The van der Waals surface area contributed by atoms with E-state index in [2.05, 4.69) is 4.90 Å². The van der Waals surface area contributed by atoms with Gasteiger partial charge in [0.25, 0.3) is 0 Å². The molecule has 0 bridgehead atoms. The summed E-state index contributed by atoms with van der Waals surface area (Å²) in [7, 11) is 0. The van der Waals surface area contributed by atoms with E-state index >= 15 is 0 Å². The van der Waals surface area contributed by atoms with Gasteiger partial charge in [-0.05, 0) is 25.7 Å². The van der Waals surface area contributed by atoms with Crippen molar-refractivity contribution in [3.05, 3.63) is 0 Å². The summed E-state index contributed by atoms with van der Waals surface area (Å²) >= 11 is 0. The van der Waals surface area contributed by atoms with E-state index < -0.39 is 0 Å². The van der Waals surface area contributed by atoms with Crippen LogP contribution in [-0.4, -0.2) is 42.3 Å². The molecule has 1 aliphatic heterocycles. The number of morpholine rings is 1. The number of nitrogens with two attached hydrogens (primary N) is 1. The third-order valence-electron chi connectivity index (χ3n) is 5.48. The summed E-state index contributed by atoms with van der Waals surface area (Å²) in [6, 6.07) is 1.67. The van der Waals surface area contributed by atoms with Crippen LogP contribution in [0.15, 0.2) is 0 Å².